The number of benzene rings is 2. The summed E-state index contributed by atoms with van der Waals surface area (Å²) in [6, 6.07) is 13.9. The van der Waals surface area contributed by atoms with Gasteiger partial charge in [0.05, 0.1) is 18.0 Å². The molecule has 4 nitrogen and oxygen atoms in total. The van der Waals surface area contributed by atoms with Crippen LogP contribution in [0.15, 0.2) is 53.4 Å². The minimum absolute atomic E-state index is 0.270. The van der Waals surface area contributed by atoms with Gasteiger partial charge in [0.25, 0.3) is 0 Å². The lowest BCUT2D eigenvalue weighted by Crippen LogP contribution is -2.28. The molecular formula is C17H21NO3S. The molecule has 5 heteroatoms. The zero-order valence-electron chi connectivity index (χ0n) is 13.0. The molecule has 0 aromatic heterocycles. The lowest BCUT2D eigenvalue weighted by Gasteiger charge is -2.20. The summed E-state index contributed by atoms with van der Waals surface area (Å²) in [7, 11) is -1.98. The second-order valence-corrected chi connectivity index (χ2v) is 6.85. The second kappa shape index (κ2) is 6.94. The molecule has 1 atom stereocenters. The van der Waals surface area contributed by atoms with Gasteiger partial charge in [0, 0.05) is 5.56 Å². The highest BCUT2D eigenvalue weighted by atomic mass is 32.2. The van der Waals surface area contributed by atoms with E-state index >= 15 is 0 Å². The van der Waals surface area contributed by atoms with E-state index < -0.39 is 10.0 Å². The third-order valence-corrected chi connectivity index (χ3v) is 5.04. The molecule has 0 radical (unpaired) electrons. The number of methoxy groups -OCH3 is 1. The quantitative estimate of drug-likeness (QED) is 0.887. The summed E-state index contributed by atoms with van der Waals surface area (Å²) < 4.78 is 33.2. The fraction of sp³-hybridized carbons (Fsp3) is 0.294. The maximum absolute atomic E-state index is 12.5. The largest absolute Gasteiger partial charge is 0.496 e. The molecule has 1 N–H and O–H groups in total. The Morgan fingerprint density at radius 3 is 2.32 bits per heavy atom. The van der Waals surface area contributed by atoms with Crippen molar-refractivity contribution in [3.8, 4) is 5.75 Å². The molecule has 2 rings (SSSR count). The van der Waals surface area contributed by atoms with Crippen LogP contribution >= 0.6 is 0 Å². The smallest absolute Gasteiger partial charge is 0.241 e. The molecule has 2 aromatic carbocycles. The van der Waals surface area contributed by atoms with Crippen LogP contribution in [-0.4, -0.2) is 15.5 Å². The fourth-order valence-electron chi connectivity index (χ4n) is 2.29. The third kappa shape index (κ3) is 3.67. The molecule has 1 unspecified atom stereocenters. The first-order valence-electron chi connectivity index (χ1n) is 7.20. The monoisotopic (exact) mass is 319 g/mol. The molecule has 22 heavy (non-hydrogen) atoms. The Morgan fingerprint density at radius 1 is 1.09 bits per heavy atom. The van der Waals surface area contributed by atoms with E-state index in [1.807, 2.05) is 38.1 Å². The maximum Gasteiger partial charge on any atom is 0.241 e. The third-order valence-electron chi connectivity index (χ3n) is 3.55. The van der Waals surface area contributed by atoms with Crippen molar-refractivity contribution in [1.82, 2.24) is 4.72 Å². The summed E-state index contributed by atoms with van der Waals surface area (Å²) in [5, 5.41) is 0. The topological polar surface area (TPSA) is 55.4 Å². The van der Waals surface area contributed by atoms with Gasteiger partial charge in [-0.05, 0) is 31.5 Å². The van der Waals surface area contributed by atoms with E-state index in [2.05, 4.69) is 4.72 Å². The molecule has 0 saturated heterocycles. The van der Waals surface area contributed by atoms with E-state index in [1.54, 1.807) is 31.4 Å². The lowest BCUT2D eigenvalue weighted by atomic mass is 10.0. The second-order valence-electron chi connectivity index (χ2n) is 5.14. The van der Waals surface area contributed by atoms with Crippen LogP contribution in [0.1, 0.15) is 30.5 Å². The molecule has 0 fully saturated rings. The average molecular weight is 319 g/mol. The van der Waals surface area contributed by atoms with E-state index in [-0.39, 0.29) is 10.9 Å². The maximum atomic E-state index is 12.5. The van der Waals surface area contributed by atoms with E-state index in [9.17, 15) is 8.42 Å². The van der Waals surface area contributed by atoms with Gasteiger partial charge in [-0.2, -0.15) is 0 Å². The first-order chi connectivity index (χ1) is 10.5. The Kier molecular flexibility index (Phi) is 5.21. The van der Waals surface area contributed by atoms with Gasteiger partial charge in [0.2, 0.25) is 10.0 Å². The number of hydrogen-bond donors (Lipinski definition) is 1. The van der Waals surface area contributed by atoms with Crippen LogP contribution in [0.5, 0.6) is 5.75 Å². The number of ether oxygens (including phenoxy) is 1. The molecule has 0 bridgehead atoms. The standard InChI is InChI=1S/C17H21NO3S/c1-4-16(15-7-5-6-8-17(15)21-3)18-22(19,20)14-11-9-13(2)10-12-14/h5-12,16,18H,4H2,1-3H3. The molecule has 0 aliphatic carbocycles. The highest BCUT2D eigenvalue weighted by molar-refractivity contribution is 7.89. The summed E-state index contributed by atoms with van der Waals surface area (Å²) >= 11 is 0. The summed E-state index contributed by atoms with van der Waals surface area (Å²) in [5.74, 6) is 0.681. The van der Waals surface area contributed by atoms with Crippen LogP contribution in [0.4, 0.5) is 0 Å². The molecular weight excluding hydrogens is 298 g/mol. The first kappa shape index (κ1) is 16.5. The van der Waals surface area contributed by atoms with E-state index in [0.717, 1.165) is 11.1 Å². The Balaban J connectivity index is 2.31. The number of hydrogen-bond acceptors (Lipinski definition) is 3. The van der Waals surface area contributed by atoms with Gasteiger partial charge < -0.3 is 4.74 Å². The van der Waals surface area contributed by atoms with E-state index in [0.29, 0.717) is 12.2 Å². The highest BCUT2D eigenvalue weighted by Crippen LogP contribution is 2.28. The number of nitrogens with one attached hydrogen (secondary N) is 1. The first-order valence-corrected chi connectivity index (χ1v) is 8.68. The van der Waals surface area contributed by atoms with Crippen molar-refractivity contribution in [3.05, 3.63) is 59.7 Å². The van der Waals surface area contributed by atoms with Crippen LogP contribution in [0.25, 0.3) is 0 Å². The SMILES string of the molecule is CCC(NS(=O)(=O)c1ccc(C)cc1)c1ccccc1OC. The predicted octanol–water partition coefficient (Wildman–Crippen LogP) is 3.43. The number of sulfonamides is 1. The molecule has 0 aliphatic heterocycles. The number of rotatable bonds is 6. The molecule has 0 heterocycles. The van der Waals surface area contributed by atoms with Gasteiger partial charge in [-0.3, -0.25) is 0 Å². The van der Waals surface area contributed by atoms with Crippen molar-refractivity contribution in [2.75, 3.05) is 7.11 Å². The zero-order valence-corrected chi connectivity index (χ0v) is 13.9. The van der Waals surface area contributed by atoms with Crippen molar-refractivity contribution in [1.29, 1.82) is 0 Å². The van der Waals surface area contributed by atoms with Crippen molar-refractivity contribution in [2.45, 2.75) is 31.2 Å². The fourth-order valence-corrected chi connectivity index (χ4v) is 3.59. The van der Waals surface area contributed by atoms with Crippen molar-refractivity contribution < 1.29 is 13.2 Å². The Morgan fingerprint density at radius 2 is 1.73 bits per heavy atom. The highest BCUT2D eigenvalue weighted by Gasteiger charge is 2.22. The minimum atomic E-state index is -3.57. The minimum Gasteiger partial charge on any atom is -0.496 e. The number of para-hydroxylation sites is 1. The zero-order chi connectivity index (χ0) is 16.2. The van der Waals surface area contributed by atoms with Crippen molar-refractivity contribution in [2.24, 2.45) is 0 Å². The van der Waals surface area contributed by atoms with Gasteiger partial charge in [-0.25, -0.2) is 13.1 Å². The lowest BCUT2D eigenvalue weighted by molar-refractivity contribution is 0.402. The van der Waals surface area contributed by atoms with Crippen molar-refractivity contribution >= 4 is 10.0 Å². The van der Waals surface area contributed by atoms with Gasteiger partial charge in [0.1, 0.15) is 5.75 Å². The van der Waals surface area contributed by atoms with Crippen LogP contribution in [0.2, 0.25) is 0 Å². The van der Waals surface area contributed by atoms with Gasteiger partial charge >= 0.3 is 0 Å². The summed E-state index contributed by atoms with van der Waals surface area (Å²) in [6.07, 6.45) is 0.630. The summed E-state index contributed by atoms with van der Waals surface area (Å²) in [6.45, 7) is 3.86. The molecule has 0 amide bonds. The Bertz CT molecular complexity index is 724. The molecule has 118 valence electrons. The number of aryl methyl sites for hydroxylation is 1. The van der Waals surface area contributed by atoms with E-state index in [4.69, 9.17) is 4.74 Å². The van der Waals surface area contributed by atoms with Crippen LogP contribution in [0.3, 0.4) is 0 Å². The molecule has 2 aromatic rings. The van der Waals surface area contributed by atoms with Gasteiger partial charge in [-0.1, -0.05) is 42.8 Å². The van der Waals surface area contributed by atoms with Crippen LogP contribution in [0, 0.1) is 6.92 Å². The van der Waals surface area contributed by atoms with Crippen LogP contribution in [-0.2, 0) is 10.0 Å². The average Bonchev–Trinajstić information content (AvgIpc) is 2.53. The van der Waals surface area contributed by atoms with Crippen LogP contribution < -0.4 is 9.46 Å². The van der Waals surface area contributed by atoms with Crippen molar-refractivity contribution in [3.63, 3.8) is 0 Å². The van der Waals surface area contributed by atoms with E-state index in [1.165, 1.54) is 0 Å². The normalized spacial score (nSPS) is 12.9. The molecule has 0 spiro atoms. The Hall–Kier alpha value is -1.85. The molecule has 0 aliphatic rings. The van der Waals surface area contributed by atoms with Gasteiger partial charge in [-0.15, -0.1) is 0 Å². The Labute approximate surface area is 132 Å². The predicted molar refractivity (Wildman–Crippen MR) is 87.5 cm³/mol. The summed E-state index contributed by atoms with van der Waals surface area (Å²) in [4.78, 5) is 0.270. The molecule has 0 saturated carbocycles. The van der Waals surface area contributed by atoms with Gasteiger partial charge in [0.15, 0.2) is 0 Å². The summed E-state index contributed by atoms with van der Waals surface area (Å²) in [5.41, 5.74) is 1.86.